The van der Waals surface area contributed by atoms with E-state index in [0.29, 0.717) is 37.3 Å². The minimum atomic E-state index is -0.715. The van der Waals surface area contributed by atoms with Crippen LogP contribution in [0.1, 0.15) is 65.6 Å². The Labute approximate surface area is 267 Å². The summed E-state index contributed by atoms with van der Waals surface area (Å²) in [6, 6.07) is 23.2. The van der Waals surface area contributed by atoms with Gasteiger partial charge in [0, 0.05) is 18.7 Å². The minimum Gasteiger partial charge on any atom is -0.467 e. The summed E-state index contributed by atoms with van der Waals surface area (Å²) in [5.41, 5.74) is 5.46. The van der Waals surface area contributed by atoms with Crippen LogP contribution in [0.2, 0.25) is 0 Å². The largest absolute Gasteiger partial charge is 0.467 e. The number of nitrogens with zero attached hydrogens (tertiary/aromatic N) is 1. The summed E-state index contributed by atoms with van der Waals surface area (Å²) in [6.45, 7) is 3.45. The molecule has 1 aliphatic carbocycles. The molecule has 234 valence electrons. The highest BCUT2D eigenvalue weighted by atomic mass is 32.2. The fraction of sp³-hybridized carbons (Fsp3) is 0.432. The summed E-state index contributed by atoms with van der Waals surface area (Å²) in [5.74, 6) is 0.689. The van der Waals surface area contributed by atoms with E-state index in [2.05, 4.69) is 16.3 Å². The third kappa shape index (κ3) is 9.46. The number of carbonyl (C=O) groups excluding carboxylic acids is 3. The number of carbonyl (C=O) groups is 3. The summed E-state index contributed by atoms with van der Waals surface area (Å²) in [4.78, 5) is 41.7. The molecule has 2 amide bonds. The normalized spacial score (nSPS) is 14.1. The monoisotopic (exact) mass is 614 g/mol. The molecule has 1 fully saturated rings. The number of esters is 1. The van der Waals surface area contributed by atoms with Crippen molar-refractivity contribution in [1.29, 1.82) is 0 Å². The van der Waals surface area contributed by atoms with Crippen LogP contribution < -0.4 is 5.32 Å². The number of aryl methyl sites for hydroxylation is 1. The lowest BCUT2D eigenvalue weighted by atomic mass is 9.88. The number of amides is 2. The highest BCUT2D eigenvalue weighted by Crippen LogP contribution is 2.29. The Morgan fingerprint density at radius 1 is 0.932 bits per heavy atom. The van der Waals surface area contributed by atoms with Crippen LogP contribution in [0.5, 0.6) is 0 Å². The molecule has 3 aromatic rings. The highest BCUT2D eigenvalue weighted by molar-refractivity contribution is 7.98. The van der Waals surface area contributed by atoms with E-state index in [1.807, 2.05) is 79.9 Å². The van der Waals surface area contributed by atoms with Crippen molar-refractivity contribution in [3.05, 3.63) is 95.1 Å². The number of benzene rings is 3. The Morgan fingerprint density at radius 2 is 1.66 bits per heavy atom. The first-order valence-electron chi connectivity index (χ1n) is 15.8. The van der Waals surface area contributed by atoms with Gasteiger partial charge in [-0.2, -0.15) is 11.8 Å². The first-order valence-corrected chi connectivity index (χ1v) is 17.2. The number of hydrogen-bond acceptors (Lipinski definition) is 5. The van der Waals surface area contributed by atoms with Gasteiger partial charge in [0.15, 0.2) is 0 Å². The van der Waals surface area contributed by atoms with Crippen molar-refractivity contribution in [2.45, 2.75) is 64.3 Å². The molecule has 0 saturated heterocycles. The molecule has 1 N–H and O–H groups in total. The number of hydrogen-bond donors (Lipinski definition) is 1. The molecular formula is C37H46N2O4S. The molecule has 1 unspecified atom stereocenters. The summed E-state index contributed by atoms with van der Waals surface area (Å²) in [6.07, 6.45) is 9.67. The third-order valence-corrected chi connectivity index (χ3v) is 9.23. The van der Waals surface area contributed by atoms with E-state index in [4.69, 9.17) is 4.74 Å². The van der Waals surface area contributed by atoms with Crippen LogP contribution >= 0.6 is 11.8 Å². The van der Waals surface area contributed by atoms with E-state index in [9.17, 15) is 14.4 Å². The van der Waals surface area contributed by atoms with Gasteiger partial charge in [-0.05, 0) is 84.4 Å². The quantitative estimate of drug-likeness (QED) is 0.200. The van der Waals surface area contributed by atoms with Crippen molar-refractivity contribution in [1.82, 2.24) is 10.2 Å². The Bertz CT molecular complexity index is 1390. The molecule has 0 aromatic heterocycles. The van der Waals surface area contributed by atoms with E-state index >= 15 is 0 Å². The highest BCUT2D eigenvalue weighted by Gasteiger charge is 2.25. The van der Waals surface area contributed by atoms with E-state index < -0.39 is 12.0 Å². The number of rotatable bonds is 14. The van der Waals surface area contributed by atoms with Crippen molar-refractivity contribution < 1.29 is 19.1 Å². The molecule has 6 nitrogen and oxygen atoms in total. The minimum absolute atomic E-state index is 0.163. The van der Waals surface area contributed by atoms with Crippen LogP contribution in [0.4, 0.5) is 0 Å². The fourth-order valence-electron chi connectivity index (χ4n) is 6.05. The summed E-state index contributed by atoms with van der Waals surface area (Å²) in [7, 11) is 1.34. The maximum atomic E-state index is 13.6. The lowest BCUT2D eigenvalue weighted by Gasteiger charge is -2.30. The molecule has 3 aromatic carbocycles. The molecular weight excluding hydrogens is 568 g/mol. The predicted molar refractivity (Wildman–Crippen MR) is 180 cm³/mol. The second-order valence-corrected chi connectivity index (χ2v) is 12.8. The van der Waals surface area contributed by atoms with Gasteiger partial charge in [0.25, 0.3) is 5.91 Å². The Morgan fingerprint density at radius 3 is 2.36 bits per heavy atom. The van der Waals surface area contributed by atoms with E-state index in [0.717, 1.165) is 40.1 Å². The smallest absolute Gasteiger partial charge is 0.328 e. The second-order valence-electron chi connectivity index (χ2n) is 11.8. The zero-order valence-corrected chi connectivity index (χ0v) is 27.2. The van der Waals surface area contributed by atoms with Crippen LogP contribution in [-0.4, -0.2) is 60.9 Å². The van der Waals surface area contributed by atoms with Crippen molar-refractivity contribution in [2.75, 3.05) is 32.2 Å². The molecule has 0 radical (unpaired) electrons. The SMILES string of the molecule is COC(=O)C(CCSC)NC(=O)c1ccc(CCN(CC2CCCCC2)C(=O)Cc2ccccc2)cc1-c1ccccc1C. The maximum absolute atomic E-state index is 13.6. The van der Waals surface area contributed by atoms with E-state index in [1.54, 1.807) is 11.8 Å². The lowest BCUT2D eigenvalue weighted by Crippen LogP contribution is -2.42. The van der Waals surface area contributed by atoms with Gasteiger partial charge in [-0.15, -0.1) is 0 Å². The van der Waals surface area contributed by atoms with Crippen LogP contribution in [0.25, 0.3) is 11.1 Å². The number of nitrogens with one attached hydrogen (secondary N) is 1. The van der Waals surface area contributed by atoms with Gasteiger partial charge in [-0.1, -0.05) is 86.0 Å². The molecule has 1 aliphatic rings. The number of methoxy groups -OCH3 is 1. The molecule has 44 heavy (non-hydrogen) atoms. The average molecular weight is 615 g/mol. The molecule has 0 spiro atoms. The van der Waals surface area contributed by atoms with Gasteiger partial charge in [0.05, 0.1) is 13.5 Å². The summed E-state index contributed by atoms with van der Waals surface area (Å²) >= 11 is 1.62. The van der Waals surface area contributed by atoms with E-state index in [-0.39, 0.29) is 11.8 Å². The maximum Gasteiger partial charge on any atom is 0.328 e. The van der Waals surface area contributed by atoms with Crippen LogP contribution in [-0.2, 0) is 27.2 Å². The Balaban J connectivity index is 1.58. The number of ether oxygens (including phenoxy) is 1. The first kappa shape index (κ1) is 33.3. The topological polar surface area (TPSA) is 75.7 Å². The molecule has 1 atom stereocenters. The van der Waals surface area contributed by atoms with Gasteiger partial charge in [0.1, 0.15) is 6.04 Å². The van der Waals surface area contributed by atoms with Crippen molar-refractivity contribution in [3.63, 3.8) is 0 Å². The molecule has 1 saturated carbocycles. The van der Waals surface area contributed by atoms with Crippen molar-refractivity contribution in [3.8, 4) is 11.1 Å². The zero-order chi connectivity index (χ0) is 31.3. The second kappa shape index (κ2) is 17.0. The lowest BCUT2D eigenvalue weighted by molar-refractivity contribution is -0.142. The van der Waals surface area contributed by atoms with Gasteiger partial charge in [-0.3, -0.25) is 9.59 Å². The third-order valence-electron chi connectivity index (χ3n) is 8.59. The van der Waals surface area contributed by atoms with Crippen molar-refractivity contribution in [2.24, 2.45) is 5.92 Å². The molecule has 0 bridgehead atoms. The average Bonchev–Trinajstić information content (AvgIpc) is 3.05. The Hall–Kier alpha value is -3.58. The standard InChI is InChI=1S/C37H46N2O4S/c1-27-12-10-11-17-31(27)33-24-29(18-19-32(33)36(41)38-34(21-23-44-3)37(42)43-2)20-22-39(26-30-15-8-5-9-16-30)35(40)25-28-13-6-4-7-14-28/h4,6-7,10-14,17-19,24,30,34H,5,8-9,15-16,20-23,25-26H2,1-3H3,(H,38,41). The van der Waals surface area contributed by atoms with Crippen molar-refractivity contribution >= 4 is 29.5 Å². The predicted octanol–water partition coefficient (Wildman–Crippen LogP) is 6.88. The Kier molecular flexibility index (Phi) is 12.9. The summed E-state index contributed by atoms with van der Waals surface area (Å²) < 4.78 is 4.97. The van der Waals surface area contributed by atoms with Crippen LogP contribution in [0.3, 0.4) is 0 Å². The van der Waals surface area contributed by atoms with Crippen LogP contribution in [0, 0.1) is 12.8 Å². The fourth-order valence-corrected chi connectivity index (χ4v) is 6.52. The zero-order valence-electron chi connectivity index (χ0n) is 26.3. The van der Waals surface area contributed by atoms with Gasteiger partial charge in [0.2, 0.25) is 5.91 Å². The van der Waals surface area contributed by atoms with E-state index in [1.165, 1.54) is 39.2 Å². The molecule has 4 rings (SSSR count). The first-order chi connectivity index (χ1) is 21.4. The van der Waals surface area contributed by atoms with Crippen LogP contribution in [0.15, 0.2) is 72.8 Å². The number of thioether (sulfide) groups is 1. The van der Waals surface area contributed by atoms with Gasteiger partial charge in [-0.25, -0.2) is 4.79 Å². The van der Waals surface area contributed by atoms with Gasteiger partial charge >= 0.3 is 5.97 Å². The van der Waals surface area contributed by atoms with Gasteiger partial charge < -0.3 is 15.0 Å². The molecule has 7 heteroatoms. The summed E-state index contributed by atoms with van der Waals surface area (Å²) in [5, 5.41) is 2.92. The molecule has 0 heterocycles. The molecule has 0 aliphatic heterocycles.